The van der Waals surface area contributed by atoms with Gasteiger partial charge in [-0.25, -0.2) is 14.4 Å². The second-order valence-electron chi connectivity index (χ2n) is 5.84. The molecule has 0 aliphatic carbocycles. The highest BCUT2D eigenvalue weighted by molar-refractivity contribution is 6.31. The highest BCUT2D eigenvalue weighted by Gasteiger charge is 2.20. The molecular formula is C17H17ClFN5O2. The molecule has 2 aromatic rings. The molecule has 2 heterocycles. The van der Waals surface area contributed by atoms with E-state index in [1.807, 2.05) is 4.90 Å². The van der Waals surface area contributed by atoms with Gasteiger partial charge in [0.1, 0.15) is 17.3 Å². The zero-order valence-corrected chi connectivity index (χ0v) is 14.8. The van der Waals surface area contributed by atoms with E-state index in [0.29, 0.717) is 37.7 Å². The maximum Gasteiger partial charge on any atom is 0.275 e. The number of carbonyl (C=O) groups is 2. The first kappa shape index (κ1) is 18.1. The van der Waals surface area contributed by atoms with Gasteiger partial charge in [0.05, 0.1) is 17.4 Å². The lowest BCUT2D eigenvalue weighted by molar-refractivity contribution is -0.129. The summed E-state index contributed by atoms with van der Waals surface area (Å²) in [4.78, 5) is 35.8. The highest BCUT2D eigenvalue weighted by Crippen LogP contribution is 2.20. The molecule has 0 spiro atoms. The van der Waals surface area contributed by atoms with E-state index in [1.165, 1.54) is 30.6 Å². The standard InChI is InChI=1S/C17H17ClFN5O2/c1-11(25)23-4-6-24(7-5-23)16-10-20-15(9-21-16)17(26)22-12-2-3-14(19)13(18)8-12/h2-3,8-10H,4-7H2,1H3,(H,22,26). The largest absolute Gasteiger partial charge is 0.352 e. The Balaban J connectivity index is 1.63. The van der Waals surface area contributed by atoms with E-state index in [4.69, 9.17) is 11.6 Å². The van der Waals surface area contributed by atoms with Gasteiger partial charge < -0.3 is 15.1 Å². The molecule has 2 amide bonds. The van der Waals surface area contributed by atoms with Crippen molar-refractivity contribution in [3.05, 3.63) is 47.1 Å². The molecule has 1 saturated heterocycles. The number of amides is 2. The molecule has 0 radical (unpaired) electrons. The van der Waals surface area contributed by atoms with Gasteiger partial charge in [-0.05, 0) is 18.2 Å². The Bertz CT molecular complexity index is 822. The fourth-order valence-corrected chi connectivity index (χ4v) is 2.80. The summed E-state index contributed by atoms with van der Waals surface area (Å²) < 4.78 is 13.2. The number of benzene rings is 1. The van der Waals surface area contributed by atoms with Crippen molar-refractivity contribution in [2.75, 3.05) is 36.4 Å². The number of hydrogen-bond donors (Lipinski definition) is 1. The van der Waals surface area contributed by atoms with Gasteiger partial charge in [-0.2, -0.15) is 0 Å². The van der Waals surface area contributed by atoms with Gasteiger partial charge >= 0.3 is 0 Å². The summed E-state index contributed by atoms with van der Waals surface area (Å²) >= 11 is 5.70. The molecule has 7 nitrogen and oxygen atoms in total. The lowest BCUT2D eigenvalue weighted by Gasteiger charge is -2.34. The second kappa shape index (κ2) is 7.65. The third-order valence-corrected chi connectivity index (χ3v) is 4.39. The smallest absolute Gasteiger partial charge is 0.275 e. The van der Waals surface area contributed by atoms with E-state index >= 15 is 0 Å². The van der Waals surface area contributed by atoms with E-state index < -0.39 is 11.7 Å². The van der Waals surface area contributed by atoms with Crippen molar-refractivity contribution >= 4 is 34.9 Å². The van der Waals surface area contributed by atoms with E-state index in [1.54, 1.807) is 11.8 Å². The van der Waals surface area contributed by atoms with E-state index in [-0.39, 0.29) is 16.6 Å². The van der Waals surface area contributed by atoms with Crippen molar-refractivity contribution in [2.24, 2.45) is 0 Å². The Labute approximate surface area is 154 Å². The second-order valence-corrected chi connectivity index (χ2v) is 6.24. The molecule has 1 aliphatic heterocycles. The van der Waals surface area contributed by atoms with Crippen LogP contribution in [0.3, 0.4) is 0 Å². The van der Waals surface area contributed by atoms with Gasteiger partial charge in [-0.1, -0.05) is 11.6 Å². The van der Waals surface area contributed by atoms with Crippen LogP contribution in [0.2, 0.25) is 5.02 Å². The average molecular weight is 378 g/mol. The fourth-order valence-electron chi connectivity index (χ4n) is 2.62. The number of piperazine rings is 1. The first-order chi connectivity index (χ1) is 12.4. The Morgan fingerprint density at radius 2 is 1.88 bits per heavy atom. The SMILES string of the molecule is CC(=O)N1CCN(c2cnc(C(=O)Nc3ccc(F)c(Cl)c3)cn2)CC1. The monoisotopic (exact) mass is 377 g/mol. The van der Waals surface area contributed by atoms with Gasteiger partial charge in [0.25, 0.3) is 5.91 Å². The van der Waals surface area contributed by atoms with Gasteiger partial charge in [0, 0.05) is 38.8 Å². The summed E-state index contributed by atoms with van der Waals surface area (Å²) in [6, 6.07) is 3.91. The zero-order chi connectivity index (χ0) is 18.7. The van der Waals surface area contributed by atoms with E-state index in [9.17, 15) is 14.0 Å². The molecule has 136 valence electrons. The maximum atomic E-state index is 13.2. The zero-order valence-electron chi connectivity index (χ0n) is 14.1. The highest BCUT2D eigenvalue weighted by atomic mass is 35.5. The minimum atomic E-state index is -0.557. The van der Waals surface area contributed by atoms with Gasteiger partial charge in [0.15, 0.2) is 0 Å². The molecule has 26 heavy (non-hydrogen) atoms. The van der Waals surface area contributed by atoms with Crippen LogP contribution in [0.5, 0.6) is 0 Å². The van der Waals surface area contributed by atoms with Crippen LogP contribution in [0.25, 0.3) is 0 Å². The molecule has 0 bridgehead atoms. The van der Waals surface area contributed by atoms with Gasteiger partial charge in [0.2, 0.25) is 5.91 Å². The van der Waals surface area contributed by atoms with Crippen molar-refractivity contribution in [2.45, 2.75) is 6.92 Å². The van der Waals surface area contributed by atoms with Gasteiger partial charge in [-0.15, -0.1) is 0 Å². The van der Waals surface area contributed by atoms with Crippen LogP contribution >= 0.6 is 11.6 Å². The molecule has 1 aromatic heterocycles. The number of aromatic nitrogens is 2. The molecule has 3 rings (SSSR count). The number of hydrogen-bond acceptors (Lipinski definition) is 5. The Morgan fingerprint density at radius 3 is 2.46 bits per heavy atom. The molecule has 0 saturated carbocycles. The quantitative estimate of drug-likeness (QED) is 0.887. The topological polar surface area (TPSA) is 78.4 Å². The summed E-state index contributed by atoms with van der Waals surface area (Å²) in [5.74, 6) is -0.315. The first-order valence-corrected chi connectivity index (χ1v) is 8.41. The van der Waals surface area contributed by atoms with Crippen LogP contribution < -0.4 is 10.2 Å². The van der Waals surface area contributed by atoms with Crippen molar-refractivity contribution in [3.63, 3.8) is 0 Å². The number of halogens is 2. The molecule has 1 fully saturated rings. The minimum Gasteiger partial charge on any atom is -0.352 e. The fraction of sp³-hybridized carbons (Fsp3) is 0.294. The summed E-state index contributed by atoms with van der Waals surface area (Å²) in [7, 11) is 0. The van der Waals surface area contributed by atoms with Crippen LogP contribution in [0.15, 0.2) is 30.6 Å². The minimum absolute atomic E-state index is 0.0589. The van der Waals surface area contributed by atoms with Crippen molar-refractivity contribution in [1.82, 2.24) is 14.9 Å². The van der Waals surface area contributed by atoms with Crippen LogP contribution in [0.4, 0.5) is 15.9 Å². The number of rotatable bonds is 3. The first-order valence-electron chi connectivity index (χ1n) is 8.03. The number of carbonyl (C=O) groups excluding carboxylic acids is 2. The summed E-state index contributed by atoms with van der Waals surface area (Å²) in [5, 5.41) is 2.52. The molecule has 9 heteroatoms. The molecular weight excluding hydrogens is 361 g/mol. The lowest BCUT2D eigenvalue weighted by atomic mass is 10.3. The molecule has 1 aliphatic rings. The number of nitrogens with one attached hydrogen (secondary N) is 1. The Kier molecular flexibility index (Phi) is 5.32. The summed E-state index contributed by atoms with van der Waals surface area (Å²) in [6.07, 6.45) is 2.91. The average Bonchev–Trinajstić information content (AvgIpc) is 2.65. The van der Waals surface area contributed by atoms with Crippen LogP contribution in [-0.2, 0) is 4.79 Å². The van der Waals surface area contributed by atoms with Gasteiger partial charge in [-0.3, -0.25) is 9.59 Å². The predicted molar refractivity (Wildman–Crippen MR) is 95.9 cm³/mol. The van der Waals surface area contributed by atoms with Crippen LogP contribution in [0, 0.1) is 5.82 Å². The van der Waals surface area contributed by atoms with Crippen molar-refractivity contribution < 1.29 is 14.0 Å². The van der Waals surface area contributed by atoms with Crippen molar-refractivity contribution in [1.29, 1.82) is 0 Å². The van der Waals surface area contributed by atoms with Crippen LogP contribution in [0.1, 0.15) is 17.4 Å². The normalized spacial score (nSPS) is 14.3. The number of nitrogens with zero attached hydrogens (tertiary/aromatic N) is 4. The molecule has 0 atom stereocenters. The lowest BCUT2D eigenvalue weighted by Crippen LogP contribution is -2.48. The third kappa shape index (κ3) is 4.08. The van der Waals surface area contributed by atoms with E-state index in [0.717, 1.165) is 0 Å². The maximum absolute atomic E-state index is 13.2. The summed E-state index contributed by atoms with van der Waals surface area (Å²) in [5.41, 5.74) is 0.504. The van der Waals surface area contributed by atoms with E-state index in [2.05, 4.69) is 15.3 Å². The summed E-state index contributed by atoms with van der Waals surface area (Å²) in [6.45, 7) is 4.13. The third-order valence-electron chi connectivity index (χ3n) is 4.10. The Hall–Kier alpha value is -2.74. The molecule has 0 unspecified atom stereocenters. The molecule has 1 aromatic carbocycles. The predicted octanol–water partition coefficient (Wildman–Crippen LogP) is 2.19. The molecule has 1 N–H and O–H groups in total. The van der Waals surface area contributed by atoms with Crippen molar-refractivity contribution in [3.8, 4) is 0 Å². The Morgan fingerprint density at radius 1 is 1.15 bits per heavy atom. The van der Waals surface area contributed by atoms with Crippen LogP contribution in [-0.4, -0.2) is 52.9 Å². The number of anilines is 2.